The van der Waals surface area contributed by atoms with E-state index in [1.165, 1.54) is 49.0 Å². The second kappa shape index (κ2) is 5.01. The number of ether oxygens (including phenoxy) is 1. The first-order valence-corrected chi connectivity index (χ1v) is 8.91. The fourth-order valence-corrected chi connectivity index (χ4v) is 4.09. The first kappa shape index (κ1) is 15.9. The van der Waals surface area contributed by atoms with Gasteiger partial charge in [-0.1, -0.05) is 66.2 Å². The normalized spacial score (nSPS) is 21.4. The van der Waals surface area contributed by atoms with Gasteiger partial charge in [-0.15, -0.1) is 0 Å². The lowest BCUT2D eigenvalue weighted by Gasteiger charge is -2.54. The highest BCUT2D eigenvalue weighted by molar-refractivity contribution is 5.48. The van der Waals surface area contributed by atoms with Crippen molar-refractivity contribution in [3.05, 3.63) is 29.3 Å². The van der Waals surface area contributed by atoms with Crippen LogP contribution in [0.3, 0.4) is 0 Å². The van der Waals surface area contributed by atoms with Crippen molar-refractivity contribution >= 4 is 0 Å². The maximum Gasteiger partial charge on any atom is 0.127 e. The Balaban J connectivity index is 1.89. The lowest BCUT2D eigenvalue weighted by molar-refractivity contribution is -0.0691. The molecule has 0 aromatic heterocycles. The minimum Gasteiger partial charge on any atom is -0.490 e. The highest BCUT2D eigenvalue weighted by atomic mass is 16.5. The number of hydrogen-bond acceptors (Lipinski definition) is 1. The van der Waals surface area contributed by atoms with Crippen LogP contribution < -0.4 is 4.74 Å². The van der Waals surface area contributed by atoms with E-state index in [1.54, 1.807) is 0 Å². The van der Waals surface area contributed by atoms with E-state index >= 15 is 0 Å². The van der Waals surface area contributed by atoms with Crippen LogP contribution >= 0.6 is 0 Å². The summed E-state index contributed by atoms with van der Waals surface area (Å²) in [5, 5.41) is 0. The summed E-state index contributed by atoms with van der Waals surface area (Å²) in [5.41, 5.74) is 3.62. The number of benzene rings is 1. The van der Waals surface area contributed by atoms with Gasteiger partial charge in [0.2, 0.25) is 0 Å². The van der Waals surface area contributed by atoms with Gasteiger partial charge in [0.25, 0.3) is 0 Å². The quantitative estimate of drug-likeness (QED) is 0.651. The van der Waals surface area contributed by atoms with Crippen LogP contribution in [0.1, 0.15) is 84.8 Å². The molecule has 0 amide bonds. The van der Waals surface area contributed by atoms with Crippen molar-refractivity contribution in [3.8, 4) is 5.75 Å². The minimum atomic E-state index is 0.120. The molecule has 0 unspecified atom stereocenters. The summed E-state index contributed by atoms with van der Waals surface area (Å²) in [5.74, 6) is 1.17. The van der Waals surface area contributed by atoms with Gasteiger partial charge in [-0.25, -0.2) is 0 Å². The third-order valence-electron chi connectivity index (χ3n) is 5.65. The third-order valence-corrected chi connectivity index (χ3v) is 5.65. The zero-order valence-corrected chi connectivity index (χ0v) is 15.3. The Morgan fingerprint density at radius 1 is 0.909 bits per heavy atom. The van der Waals surface area contributed by atoms with Crippen LogP contribution in [0.4, 0.5) is 0 Å². The van der Waals surface area contributed by atoms with Crippen LogP contribution in [-0.2, 0) is 10.8 Å². The van der Waals surface area contributed by atoms with Gasteiger partial charge in [-0.3, -0.25) is 0 Å². The van der Waals surface area contributed by atoms with Crippen molar-refractivity contribution in [2.45, 2.75) is 90.6 Å². The van der Waals surface area contributed by atoms with E-state index in [0.29, 0.717) is 11.5 Å². The molecule has 0 aliphatic heterocycles. The summed E-state index contributed by atoms with van der Waals surface area (Å²) in [6.45, 7) is 13.7. The van der Waals surface area contributed by atoms with Crippen molar-refractivity contribution in [1.29, 1.82) is 0 Å². The van der Waals surface area contributed by atoms with Crippen LogP contribution in [0.2, 0.25) is 0 Å². The topological polar surface area (TPSA) is 9.23 Å². The number of rotatable bonds is 2. The van der Waals surface area contributed by atoms with Gasteiger partial charge in [0.15, 0.2) is 0 Å². The van der Waals surface area contributed by atoms with Gasteiger partial charge in [0.1, 0.15) is 5.75 Å². The smallest absolute Gasteiger partial charge is 0.127 e. The molecular weight excluding hydrogens is 268 g/mol. The molecule has 2 fully saturated rings. The van der Waals surface area contributed by atoms with Crippen LogP contribution in [0, 0.1) is 5.41 Å². The van der Waals surface area contributed by atoms with E-state index in [0.717, 1.165) is 0 Å². The van der Waals surface area contributed by atoms with Crippen LogP contribution in [0.15, 0.2) is 18.2 Å². The van der Waals surface area contributed by atoms with Gasteiger partial charge in [0, 0.05) is 0 Å². The van der Waals surface area contributed by atoms with E-state index in [4.69, 9.17) is 4.74 Å². The maximum atomic E-state index is 6.60. The summed E-state index contributed by atoms with van der Waals surface area (Å²) >= 11 is 0. The van der Waals surface area contributed by atoms with E-state index < -0.39 is 0 Å². The molecule has 1 heteroatoms. The molecule has 0 N–H and O–H groups in total. The number of hydrogen-bond donors (Lipinski definition) is 0. The van der Waals surface area contributed by atoms with Gasteiger partial charge >= 0.3 is 0 Å². The zero-order valence-electron chi connectivity index (χ0n) is 15.3. The van der Waals surface area contributed by atoms with Gasteiger partial charge in [-0.2, -0.15) is 0 Å². The summed E-state index contributed by atoms with van der Waals surface area (Å²) < 4.78 is 6.60. The Morgan fingerprint density at radius 3 is 1.77 bits per heavy atom. The molecule has 1 aromatic rings. The Labute approximate surface area is 136 Å². The monoisotopic (exact) mass is 300 g/mol. The minimum absolute atomic E-state index is 0.120. The Kier molecular flexibility index (Phi) is 3.62. The van der Waals surface area contributed by atoms with Gasteiger partial charge < -0.3 is 4.74 Å². The molecular formula is C21H32O. The number of para-hydroxylation sites is 1. The van der Waals surface area contributed by atoms with E-state index in [9.17, 15) is 0 Å². The van der Waals surface area contributed by atoms with Gasteiger partial charge in [0.05, 0.1) is 6.10 Å². The van der Waals surface area contributed by atoms with Crippen molar-refractivity contribution in [2.24, 2.45) is 5.41 Å². The molecule has 0 radical (unpaired) electrons. The molecule has 2 saturated carbocycles. The largest absolute Gasteiger partial charge is 0.490 e. The Morgan fingerprint density at radius 2 is 1.41 bits per heavy atom. The molecule has 0 heterocycles. The summed E-state index contributed by atoms with van der Waals surface area (Å²) in [6.07, 6.45) is 7.27. The zero-order chi connectivity index (χ0) is 16.2. The summed E-state index contributed by atoms with van der Waals surface area (Å²) in [7, 11) is 0. The average molecular weight is 300 g/mol. The molecule has 0 saturated heterocycles. The first-order valence-electron chi connectivity index (χ1n) is 8.91. The van der Waals surface area contributed by atoms with Crippen molar-refractivity contribution < 1.29 is 4.74 Å². The predicted octanol–water partition coefficient (Wildman–Crippen LogP) is 5.99. The average Bonchev–Trinajstić information content (AvgIpc) is 2.28. The summed E-state index contributed by atoms with van der Waals surface area (Å²) in [4.78, 5) is 0. The molecule has 0 atom stereocenters. The van der Waals surface area contributed by atoms with Crippen molar-refractivity contribution in [3.63, 3.8) is 0 Å². The maximum absolute atomic E-state index is 6.60. The van der Waals surface area contributed by atoms with Crippen LogP contribution in [0.25, 0.3) is 0 Å². The molecule has 3 rings (SSSR count). The summed E-state index contributed by atoms with van der Waals surface area (Å²) in [6, 6.07) is 6.70. The van der Waals surface area contributed by atoms with Crippen LogP contribution in [0.5, 0.6) is 5.75 Å². The molecule has 2 aliphatic rings. The van der Waals surface area contributed by atoms with E-state index in [2.05, 4.69) is 59.7 Å². The van der Waals surface area contributed by atoms with Gasteiger partial charge in [-0.05, 0) is 53.1 Å². The Hall–Kier alpha value is -0.980. The Bertz CT molecular complexity index is 512. The lowest BCUT2D eigenvalue weighted by Crippen LogP contribution is -2.48. The predicted molar refractivity (Wildman–Crippen MR) is 93.8 cm³/mol. The van der Waals surface area contributed by atoms with Crippen molar-refractivity contribution in [2.75, 3.05) is 0 Å². The van der Waals surface area contributed by atoms with E-state index in [-0.39, 0.29) is 10.8 Å². The molecule has 22 heavy (non-hydrogen) atoms. The molecule has 0 bridgehead atoms. The highest BCUT2D eigenvalue weighted by Gasteiger charge is 2.49. The molecule has 1 spiro atoms. The molecule has 1 aromatic carbocycles. The lowest BCUT2D eigenvalue weighted by atomic mass is 9.55. The molecule has 122 valence electrons. The van der Waals surface area contributed by atoms with E-state index in [1.807, 2.05) is 0 Å². The SMILES string of the molecule is CC(C)(C)c1cccc(C(C)(C)C)c1OC1CC2(CCC2)C1. The third kappa shape index (κ3) is 2.79. The fraction of sp³-hybridized carbons (Fsp3) is 0.714. The second-order valence-electron chi connectivity index (χ2n) is 9.68. The molecule has 2 aliphatic carbocycles. The molecule has 1 nitrogen and oxygen atoms in total. The van der Waals surface area contributed by atoms with Crippen molar-refractivity contribution in [1.82, 2.24) is 0 Å². The fourth-order valence-electron chi connectivity index (χ4n) is 4.09. The first-order chi connectivity index (χ1) is 10.1. The highest BCUT2D eigenvalue weighted by Crippen LogP contribution is 2.57. The second-order valence-corrected chi connectivity index (χ2v) is 9.68. The standard InChI is InChI=1S/C21H32O/c1-19(2,3)16-9-7-10-17(20(4,5)6)18(16)22-15-13-21(14-15)11-8-12-21/h7,9-10,15H,8,11-14H2,1-6H3. The van der Waals surface area contributed by atoms with Crippen LogP contribution in [-0.4, -0.2) is 6.10 Å².